The zero-order chi connectivity index (χ0) is 23.7. The van der Waals surface area contributed by atoms with Crippen molar-refractivity contribution >= 4 is 24.1 Å². The zero-order valence-electron chi connectivity index (χ0n) is 18.4. The van der Waals surface area contributed by atoms with E-state index in [1.54, 1.807) is 41.5 Å². The van der Waals surface area contributed by atoms with Crippen LogP contribution in [0.25, 0.3) is 0 Å². The smallest absolute Gasteiger partial charge is 0.420 e. The SMILES string of the molecule is C=COC(=O)/C(F)=C\CC[C@@H](C(=O)OC)N(C(=O)OC(C)(C)C)C(=O)OC(C)(C)C. The lowest BCUT2D eigenvalue weighted by atomic mass is 10.1. The van der Waals surface area contributed by atoms with Crippen molar-refractivity contribution in [3.05, 3.63) is 24.7 Å². The van der Waals surface area contributed by atoms with Crippen LogP contribution >= 0.6 is 0 Å². The molecule has 0 heterocycles. The first kappa shape index (κ1) is 27.1. The summed E-state index contributed by atoms with van der Waals surface area (Å²) in [6.45, 7) is 12.6. The Morgan fingerprint density at radius 1 is 1.00 bits per heavy atom. The van der Waals surface area contributed by atoms with E-state index in [4.69, 9.17) is 9.47 Å². The number of carbonyl (C=O) groups excluding carboxylic acids is 4. The third kappa shape index (κ3) is 10.0. The molecule has 0 unspecified atom stereocenters. The van der Waals surface area contributed by atoms with Gasteiger partial charge in [-0.3, -0.25) is 0 Å². The topological polar surface area (TPSA) is 108 Å². The molecule has 0 fully saturated rings. The molecule has 0 aromatic rings. The van der Waals surface area contributed by atoms with Crippen LogP contribution in [0.5, 0.6) is 0 Å². The molecule has 0 aromatic heterocycles. The Hall–Kier alpha value is -2.91. The first-order valence-electron chi connectivity index (χ1n) is 9.13. The van der Waals surface area contributed by atoms with E-state index in [2.05, 4.69) is 16.1 Å². The molecule has 0 aliphatic rings. The normalized spacial score (nSPS) is 13.0. The van der Waals surface area contributed by atoms with Crippen molar-refractivity contribution in [2.24, 2.45) is 0 Å². The van der Waals surface area contributed by atoms with Gasteiger partial charge in [-0.15, -0.1) is 0 Å². The summed E-state index contributed by atoms with van der Waals surface area (Å²) in [6, 6.07) is -1.49. The summed E-state index contributed by atoms with van der Waals surface area (Å²) in [6.07, 6.45) is -1.13. The summed E-state index contributed by atoms with van der Waals surface area (Å²) >= 11 is 0. The summed E-state index contributed by atoms with van der Waals surface area (Å²) in [7, 11) is 1.07. The molecule has 10 heteroatoms. The van der Waals surface area contributed by atoms with Crippen LogP contribution in [0.2, 0.25) is 0 Å². The highest BCUT2D eigenvalue weighted by Crippen LogP contribution is 2.20. The maximum Gasteiger partial charge on any atom is 0.420 e. The molecule has 0 aliphatic carbocycles. The highest BCUT2D eigenvalue weighted by Gasteiger charge is 2.40. The lowest BCUT2D eigenvalue weighted by Crippen LogP contribution is -2.52. The minimum Gasteiger partial charge on any atom is -0.467 e. The lowest BCUT2D eigenvalue weighted by molar-refractivity contribution is -0.146. The average molecular weight is 431 g/mol. The quantitative estimate of drug-likeness (QED) is 0.257. The summed E-state index contributed by atoms with van der Waals surface area (Å²) in [4.78, 5) is 49.4. The standard InChI is InChI=1S/C20H30FNO8/c1-9-28-15(23)13(21)11-10-12-14(16(24)27-8)22(17(25)29-19(2,3)4)18(26)30-20(5,6)7/h9,11,14H,1,10,12H2,2-8H3/b13-11+/t14-/m0/s1. The van der Waals surface area contributed by atoms with E-state index in [1.807, 2.05) is 0 Å². The predicted octanol–water partition coefficient (Wildman–Crippen LogP) is 4.02. The third-order valence-electron chi connectivity index (χ3n) is 3.11. The number of nitrogens with zero attached hydrogens (tertiary/aromatic N) is 1. The largest absolute Gasteiger partial charge is 0.467 e. The second kappa shape index (κ2) is 11.3. The molecule has 0 rings (SSSR count). The Morgan fingerprint density at radius 3 is 1.83 bits per heavy atom. The third-order valence-corrected chi connectivity index (χ3v) is 3.11. The van der Waals surface area contributed by atoms with Crippen LogP contribution in [0.1, 0.15) is 54.4 Å². The number of esters is 2. The van der Waals surface area contributed by atoms with E-state index < -0.39 is 47.2 Å². The second-order valence-corrected chi connectivity index (χ2v) is 8.07. The van der Waals surface area contributed by atoms with Crippen LogP contribution in [-0.4, -0.2) is 53.4 Å². The molecule has 1 atom stereocenters. The Labute approximate surface area is 175 Å². The van der Waals surface area contributed by atoms with Crippen molar-refractivity contribution in [2.75, 3.05) is 7.11 Å². The zero-order valence-corrected chi connectivity index (χ0v) is 18.4. The molecule has 2 amide bonds. The highest BCUT2D eigenvalue weighted by molar-refractivity contribution is 5.94. The van der Waals surface area contributed by atoms with Crippen LogP contribution < -0.4 is 0 Å². The molecule has 170 valence electrons. The van der Waals surface area contributed by atoms with Crippen molar-refractivity contribution in [1.82, 2.24) is 4.90 Å². The van der Waals surface area contributed by atoms with Crippen molar-refractivity contribution in [1.29, 1.82) is 0 Å². The minimum atomic E-state index is -1.49. The van der Waals surface area contributed by atoms with Gasteiger partial charge in [0.05, 0.1) is 13.4 Å². The molecule has 0 saturated heterocycles. The predicted molar refractivity (Wildman–Crippen MR) is 105 cm³/mol. The van der Waals surface area contributed by atoms with Crippen LogP contribution in [-0.2, 0) is 28.5 Å². The van der Waals surface area contributed by atoms with Gasteiger partial charge in [0.2, 0.25) is 5.83 Å². The summed E-state index contributed by atoms with van der Waals surface area (Å²) in [5.74, 6) is -3.44. The van der Waals surface area contributed by atoms with Gasteiger partial charge < -0.3 is 18.9 Å². The molecule has 9 nitrogen and oxygen atoms in total. The average Bonchev–Trinajstić information content (AvgIpc) is 2.56. The van der Waals surface area contributed by atoms with Crippen molar-refractivity contribution in [3.63, 3.8) is 0 Å². The molecule has 0 aliphatic heterocycles. The Morgan fingerprint density at radius 2 is 1.47 bits per heavy atom. The van der Waals surface area contributed by atoms with Gasteiger partial charge in [0.15, 0.2) is 0 Å². The van der Waals surface area contributed by atoms with Crippen LogP contribution in [0.4, 0.5) is 14.0 Å². The maximum absolute atomic E-state index is 13.7. The van der Waals surface area contributed by atoms with Gasteiger partial charge in [-0.25, -0.2) is 19.2 Å². The number of hydrogen-bond acceptors (Lipinski definition) is 8. The van der Waals surface area contributed by atoms with Crippen molar-refractivity contribution in [3.8, 4) is 0 Å². The number of allylic oxidation sites excluding steroid dienone is 1. The molecule has 0 saturated carbocycles. The van der Waals surface area contributed by atoms with E-state index in [-0.39, 0.29) is 12.8 Å². The van der Waals surface area contributed by atoms with Gasteiger partial charge in [-0.1, -0.05) is 6.58 Å². The van der Waals surface area contributed by atoms with Crippen LogP contribution in [0.15, 0.2) is 24.7 Å². The number of halogens is 1. The number of amides is 2. The molecule has 0 radical (unpaired) electrons. The van der Waals surface area contributed by atoms with Gasteiger partial charge in [-0.2, -0.15) is 9.29 Å². The fourth-order valence-electron chi connectivity index (χ4n) is 2.02. The van der Waals surface area contributed by atoms with Gasteiger partial charge in [0.1, 0.15) is 17.2 Å². The summed E-state index contributed by atoms with van der Waals surface area (Å²) in [5.41, 5.74) is -1.95. The first-order valence-corrected chi connectivity index (χ1v) is 9.13. The van der Waals surface area contributed by atoms with Crippen LogP contribution in [0, 0.1) is 0 Å². The number of carbonyl (C=O) groups is 4. The second-order valence-electron chi connectivity index (χ2n) is 8.07. The maximum atomic E-state index is 13.7. The number of hydrogen-bond donors (Lipinski definition) is 0. The van der Waals surface area contributed by atoms with E-state index >= 15 is 0 Å². The van der Waals surface area contributed by atoms with Gasteiger partial charge in [0, 0.05) is 0 Å². The molecule has 0 spiro atoms. The molecule has 30 heavy (non-hydrogen) atoms. The van der Waals surface area contributed by atoms with Crippen molar-refractivity contribution in [2.45, 2.75) is 71.6 Å². The Balaban J connectivity index is 5.83. The molecule has 0 aromatic carbocycles. The molecule has 0 N–H and O–H groups in total. The first-order chi connectivity index (χ1) is 13.6. The fourth-order valence-corrected chi connectivity index (χ4v) is 2.02. The monoisotopic (exact) mass is 431 g/mol. The number of rotatable bonds is 7. The van der Waals surface area contributed by atoms with E-state index in [0.717, 1.165) is 19.4 Å². The fraction of sp³-hybridized carbons (Fsp3) is 0.600. The minimum absolute atomic E-state index is 0.208. The molecular formula is C20H30FNO8. The number of methoxy groups -OCH3 is 1. The summed E-state index contributed by atoms with van der Waals surface area (Å²) in [5, 5.41) is 0. The van der Waals surface area contributed by atoms with Gasteiger partial charge in [-0.05, 0) is 60.5 Å². The molecule has 0 bridgehead atoms. The Bertz CT molecular complexity index is 660. The van der Waals surface area contributed by atoms with E-state index in [0.29, 0.717) is 4.90 Å². The van der Waals surface area contributed by atoms with Crippen LogP contribution in [0.3, 0.4) is 0 Å². The Kier molecular flexibility index (Phi) is 10.2. The van der Waals surface area contributed by atoms with Crippen molar-refractivity contribution < 1.29 is 42.5 Å². The summed E-state index contributed by atoms with van der Waals surface area (Å²) < 4.78 is 33.1. The number of ether oxygens (including phenoxy) is 4. The highest BCUT2D eigenvalue weighted by atomic mass is 19.1. The number of imide groups is 1. The van der Waals surface area contributed by atoms with Gasteiger partial charge in [0.25, 0.3) is 0 Å². The lowest BCUT2D eigenvalue weighted by Gasteiger charge is -2.32. The van der Waals surface area contributed by atoms with E-state index in [9.17, 15) is 23.6 Å². The van der Waals surface area contributed by atoms with Gasteiger partial charge >= 0.3 is 24.1 Å². The van der Waals surface area contributed by atoms with E-state index in [1.165, 1.54) is 0 Å². The molecular weight excluding hydrogens is 401 g/mol.